The maximum atomic E-state index is 12.5. The number of ether oxygens (including phenoxy) is 1. The second-order valence-corrected chi connectivity index (χ2v) is 10.1. The molecule has 0 saturated heterocycles. The number of nitrogens with zero attached hydrogens (tertiary/aromatic N) is 4. The largest absolute Gasteiger partial charge is 0.484 e. The molecule has 176 valence electrons. The highest BCUT2D eigenvalue weighted by atomic mass is 35.5. The average Bonchev–Trinajstić information content (AvgIpc) is 3.41. The Labute approximate surface area is 215 Å². The van der Waals surface area contributed by atoms with E-state index in [9.17, 15) is 4.79 Å². The number of carbonyl (C=O) groups excluding carboxylic acids is 1. The molecular weight excluding hydrogens is 513 g/mol. The fourth-order valence-electron chi connectivity index (χ4n) is 2.98. The average molecular weight is 534 g/mol. The van der Waals surface area contributed by atoms with Gasteiger partial charge in [-0.15, -0.1) is 21.5 Å². The Morgan fingerprint density at radius 2 is 1.97 bits per heavy atom. The predicted octanol–water partition coefficient (Wildman–Crippen LogP) is 6.17. The van der Waals surface area contributed by atoms with Crippen molar-refractivity contribution in [1.82, 2.24) is 19.7 Å². The van der Waals surface area contributed by atoms with Crippen molar-refractivity contribution in [2.45, 2.75) is 25.6 Å². The summed E-state index contributed by atoms with van der Waals surface area (Å²) in [6, 6.07) is 11.2. The molecule has 7 nitrogen and oxygen atoms in total. The number of hydrogen-bond donors (Lipinski definition) is 1. The van der Waals surface area contributed by atoms with E-state index in [1.165, 1.54) is 34.2 Å². The van der Waals surface area contributed by atoms with Crippen LogP contribution in [0.3, 0.4) is 0 Å². The van der Waals surface area contributed by atoms with E-state index in [1.807, 2.05) is 18.5 Å². The molecule has 2 heterocycles. The van der Waals surface area contributed by atoms with E-state index in [-0.39, 0.29) is 18.3 Å². The van der Waals surface area contributed by atoms with Crippen LogP contribution in [-0.4, -0.2) is 31.4 Å². The highest BCUT2D eigenvalue weighted by Gasteiger charge is 2.14. The zero-order valence-corrected chi connectivity index (χ0v) is 21.8. The summed E-state index contributed by atoms with van der Waals surface area (Å²) in [4.78, 5) is 17.0. The molecule has 0 radical (unpaired) electrons. The maximum Gasteiger partial charge on any atom is 0.236 e. The van der Waals surface area contributed by atoms with Gasteiger partial charge in [0.05, 0.1) is 16.5 Å². The normalized spacial score (nSPS) is 11.0. The molecule has 2 aromatic heterocycles. The first-order valence-electron chi connectivity index (χ1n) is 10.2. The van der Waals surface area contributed by atoms with Crippen molar-refractivity contribution >= 4 is 57.3 Å². The molecule has 0 aliphatic heterocycles. The topological polar surface area (TPSA) is 81.9 Å². The first kappa shape index (κ1) is 24.5. The predicted molar refractivity (Wildman–Crippen MR) is 138 cm³/mol. The van der Waals surface area contributed by atoms with Crippen LogP contribution in [0.15, 0.2) is 46.9 Å². The lowest BCUT2D eigenvalue weighted by atomic mass is 10.1. The summed E-state index contributed by atoms with van der Waals surface area (Å²) in [5, 5.41) is 15.2. The molecule has 0 spiro atoms. The molecule has 1 amide bonds. The minimum atomic E-state index is -0.169. The maximum absolute atomic E-state index is 12.5. The van der Waals surface area contributed by atoms with Crippen LogP contribution in [0.5, 0.6) is 5.75 Å². The number of carbonyl (C=O) groups is 1. The van der Waals surface area contributed by atoms with Gasteiger partial charge in [-0.3, -0.25) is 4.79 Å². The summed E-state index contributed by atoms with van der Waals surface area (Å²) < 4.78 is 7.50. The van der Waals surface area contributed by atoms with Crippen LogP contribution < -0.4 is 10.1 Å². The lowest BCUT2D eigenvalue weighted by molar-refractivity contribution is -0.113. The van der Waals surface area contributed by atoms with Gasteiger partial charge in [0.15, 0.2) is 16.1 Å². The van der Waals surface area contributed by atoms with Crippen molar-refractivity contribution in [2.24, 2.45) is 7.05 Å². The van der Waals surface area contributed by atoms with Crippen LogP contribution in [-0.2, 0) is 18.4 Å². The van der Waals surface area contributed by atoms with Crippen LogP contribution in [0.2, 0.25) is 10.0 Å². The second kappa shape index (κ2) is 10.8. The highest BCUT2D eigenvalue weighted by Crippen LogP contribution is 2.29. The molecule has 0 aliphatic rings. The minimum absolute atomic E-state index is 0.163. The first-order chi connectivity index (χ1) is 16.3. The molecular formula is C23H21Cl2N5O2S2. The zero-order valence-electron chi connectivity index (χ0n) is 18.6. The molecule has 0 fully saturated rings. The Morgan fingerprint density at radius 1 is 1.15 bits per heavy atom. The number of rotatable bonds is 8. The molecule has 0 aliphatic carbocycles. The third-order valence-corrected chi connectivity index (χ3v) is 7.39. The van der Waals surface area contributed by atoms with Crippen molar-refractivity contribution in [3.8, 4) is 17.0 Å². The van der Waals surface area contributed by atoms with Gasteiger partial charge in [0.1, 0.15) is 12.4 Å². The standard InChI is InChI=1S/C23H21Cl2N5O2S2/c1-13-4-5-15(8-14(13)2)18-11-33-22(26-18)27-21(31)12-34-23-29-28-20(30(23)3)10-32-19-9-16(24)6-7-17(19)25/h4-9,11H,10,12H2,1-3H3,(H,26,27,31). The van der Waals surface area contributed by atoms with Crippen LogP contribution >= 0.6 is 46.3 Å². The van der Waals surface area contributed by atoms with Gasteiger partial charge in [-0.05, 0) is 43.2 Å². The Bertz CT molecular complexity index is 1340. The summed E-state index contributed by atoms with van der Waals surface area (Å²) in [5.41, 5.74) is 4.31. The number of aromatic nitrogens is 4. The lowest BCUT2D eigenvalue weighted by Crippen LogP contribution is -2.14. The number of thiazole rings is 1. The van der Waals surface area contributed by atoms with Gasteiger partial charge in [-0.2, -0.15) is 0 Å². The summed E-state index contributed by atoms with van der Waals surface area (Å²) in [7, 11) is 1.81. The number of thioether (sulfide) groups is 1. The SMILES string of the molecule is Cc1ccc(-c2csc(NC(=O)CSc3nnc(COc4cc(Cl)ccc4Cl)n3C)n2)cc1C. The van der Waals surface area contributed by atoms with E-state index in [0.717, 1.165) is 11.3 Å². The summed E-state index contributed by atoms with van der Waals surface area (Å²) in [6.07, 6.45) is 0. The summed E-state index contributed by atoms with van der Waals surface area (Å²) in [5.74, 6) is 1.06. The number of hydrogen-bond acceptors (Lipinski definition) is 7. The molecule has 0 unspecified atom stereocenters. The van der Waals surface area contributed by atoms with Crippen LogP contribution in [0, 0.1) is 13.8 Å². The van der Waals surface area contributed by atoms with E-state index in [2.05, 4.69) is 46.5 Å². The quantitative estimate of drug-likeness (QED) is 0.272. The molecule has 0 atom stereocenters. The van der Waals surface area contributed by atoms with Gasteiger partial charge in [0, 0.05) is 29.1 Å². The molecule has 0 saturated carbocycles. The smallest absolute Gasteiger partial charge is 0.236 e. The molecule has 1 N–H and O–H groups in total. The van der Waals surface area contributed by atoms with E-state index < -0.39 is 0 Å². The lowest BCUT2D eigenvalue weighted by Gasteiger charge is -2.08. The molecule has 11 heteroatoms. The number of aryl methyl sites for hydroxylation is 2. The number of halogens is 2. The Morgan fingerprint density at radius 3 is 2.76 bits per heavy atom. The highest BCUT2D eigenvalue weighted by molar-refractivity contribution is 7.99. The molecule has 4 aromatic rings. The van der Waals surface area contributed by atoms with E-state index in [1.54, 1.807) is 22.8 Å². The number of benzene rings is 2. The second-order valence-electron chi connectivity index (χ2n) is 7.50. The Hall–Kier alpha value is -2.59. The van der Waals surface area contributed by atoms with Gasteiger partial charge in [0.25, 0.3) is 0 Å². The molecule has 2 aromatic carbocycles. The van der Waals surface area contributed by atoms with E-state index in [4.69, 9.17) is 27.9 Å². The van der Waals surface area contributed by atoms with Gasteiger partial charge in [-0.25, -0.2) is 4.98 Å². The monoisotopic (exact) mass is 533 g/mol. The molecule has 4 rings (SSSR count). The zero-order chi connectivity index (χ0) is 24.2. The summed E-state index contributed by atoms with van der Waals surface area (Å²) in [6.45, 7) is 4.31. The van der Waals surface area contributed by atoms with Crippen molar-refractivity contribution in [3.05, 3.63) is 68.8 Å². The fourth-order valence-corrected chi connectivity index (χ4v) is 4.78. The summed E-state index contributed by atoms with van der Waals surface area (Å²) >= 11 is 14.8. The number of anilines is 1. The molecule has 0 bridgehead atoms. The van der Waals surface area contributed by atoms with Crippen LogP contribution in [0.25, 0.3) is 11.3 Å². The van der Waals surface area contributed by atoms with Gasteiger partial charge in [-0.1, -0.05) is 47.1 Å². The fraction of sp³-hybridized carbons (Fsp3) is 0.217. The third kappa shape index (κ3) is 5.90. The van der Waals surface area contributed by atoms with Crippen LogP contribution in [0.4, 0.5) is 5.13 Å². The van der Waals surface area contributed by atoms with Crippen molar-refractivity contribution in [2.75, 3.05) is 11.1 Å². The van der Waals surface area contributed by atoms with Crippen molar-refractivity contribution < 1.29 is 9.53 Å². The third-order valence-electron chi connectivity index (χ3n) is 5.06. The van der Waals surface area contributed by atoms with Crippen LogP contribution in [0.1, 0.15) is 17.0 Å². The Balaban J connectivity index is 1.31. The van der Waals surface area contributed by atoms with Crippen molar-refractivity contribution in [3.63, 3.8) is 0 Å². The first-order valence-corrected chi connectivity index (χ1v) is 12.8. The van der Waals surface area contributed by atoms with Gasteiger partial charge in [0.2, 0.25) is 5.91 Å². The number of nitrogens with one attached hydrogen (secondary N) is 1. The minimum Gasteiger partial charge on any atom is -0.484 e. The van der Waals surface area contributed by atoms with E-state index >= 15 is 0 Å². The Kier molecular flexibility index (Phi) is 7.77. The van der Waals surface area contributed by atoms with E-state index in [0.29, 0.717) is 31.9 Å². The van der Waals surface area contributed by atoms with Gasteiger partial charge < -0.3 is 14.6 Å². The van der Waals surface area contributed by atoms with Gasteiger partial charge >= 0.3 is 0 Å². The van der Waals surface area contributed by atoms with Crippen molar-refractivity contribution in [1.29, 1.82) is 0 Å². The molecule has 34 heavy (non-hydrogen) atoms. The number of amides is 1.